The molecular formula is C14H24N4O. The van der Waals surface area contributed by atoms with Crippen LogP contribution in [0.2, 0.25) is 0 Å². The molecule has 1 aliphatic rings. The molecule has 0 aromatic carbocycles. The maximum atomic E-state index is 11.6. The van der Waals surface area contributed by atoms with Crippen LogP contribution in [0.4, 0.5) is 5.82 Å². The normalized spacial score (nSPS) is 20.0. The fraction of sp³-hybridized carbons (Fsp3) is 0.714. The van der Waals surface area contributed by atoms with Crippen LogP contribution in [0.3, 0.4) is 0 Å². The molecule has 2 rings (SSSR count). The first kappa shape index (κ1) is 14.1. The molecule has 19 heavy (non-hydrogen) atoms. The minimum Gasteiger partial charge on any atom is -0.352 e. The Hall–Kier alpha value is -1.36. The van der Waals surface area contributed by atoms with Gasteiger partial charge in [0.05, 0.1) is 0 Å². The molecule has 0 spiro atoms. The lowest BCUT2D eigenvalue weighted by Gasteiger charge is -2.29. The number of nitrogens with zero attached hydrogens (tertiary/aromatic N) is 2. The van der Waals surface area contributed by atoms with Crippen LogP contribution < -0.4 is 15.8 Å². The van der Waals surface area contributed by atoms with Gasteiger partial charge < -0.3 is 15.2 Å². The Kier molecular flexibility index (Phi) is 3.94. The standard InChI is InChI=1S/C14H24N4O/c1-10-16-12(8-13(19)17-10)18-7-5-6-11(18)9-15-14(2,3)4/h8,11,15H,5-7,9H2,1-4H3,(H,16,17,19). The maximum Gasteiger partial charge on any atom is 0.252 e. The van der Waals surface area contributed by atoms with Crippen molar-refractivity contribution in [2.24, 2.45) is 0 Å². The zero-order chi connectivity index (χ0) is 14.0. The first-order valence-electron chi connectivity index (χ1n) is 6.95. The Balaban J connectivity index is 2.12. The lowest BCUT2D eigenvalue weighted by molar-refractivity contribution is 0.404. The fourth-order valence-electron chi connectivity index (χ4n) is 2.48. The summed E-state index contributed by atoms with van der Waals surface area (Å²) in [7, 11) is 0. The Morgan fingerprint density at radius 2 is 2.26 bits per heavy atom. The van der Waals surface area contributed by atoms with E-state index in [9.17, 15) is 4.79 Å². The van der Waals surface area contributed by atoms with Gasteiger partial charge in [-0.1, -0.05) is 0 Å². The average Bonchev–Trinajstić information content (AvgIpc) is 2.72. The van der Waals surface area contributed by atoms with Crippen LogP contribution in [0.25, 0.3) is 0 Å². The van der Waals surface area contributed by atoms with Crippen LogP contribution in [0.15, 0.2) is 10.9 Å². The highest BCUT2D eigenvalue weighted by Crippen LogP contribution is 2.22. The summed E-state index contributed by atoms with van der Waals surface area (Å²) in [5, 5.41) is 3.54. The van der Waals surface area contributed by atoms with E-state index in [1.54, 1.807) is 6.07 Å². The first-order chi connectivity index (χ1) is 8.85. The molecule has 5 nitrogen and oxygen atoms in total. The lowest BCUT2D eigenvalue weighted by Crippen LogP contribution is -2.45. The Morgan fingerprint density at radius 3 is 2.89 bits per heavy atom. The van der Waals surface area contributed by atoms with E-state index in [4.69, 9.17) is 0 Å². The zero-order valence-corrected chi connectivity index (χ0v) is 12.3. The minimum atomic E-state index is -0.0723. The van der Waals surface area contributed by atoms with Gasteiger partial charge in [0, 0.05) is 30.7 Å². The molecule has 0 aliphatic carbocycles. The second kappa shape index (κ2) is 5.33. The van der Waals surface area contributed by atoms with Crippen LogP contribution in [0.5, 0.6) is 0 Å². The largest absolute Gasteiger partial charge is 0.352 e. The van der Waals surface area contributed by atoms with Gasteiger partial charge in [-0.3, -0.25) is 4.79 Å². The van der Waals surface area contributed by atoms with Crippen molar-refractivity contribution in [1.82, 2.24) is 15.3 Å². The summed E-state index contributed by atoms with van der Waals surface area (Å²) >= 11 is 0. The third-order valence-electron chi connectivity index (χ3n) is 3.39. The van der Waals surface area contributed by atoms with Gasteiger partial charge in [-0.2, -0.15) is 0 Å². The number of rotatable bonds is 3. The second-order valence-corrected chi connectivity index (χ2v) is 6.31. The number of aromatic amines is 1. The van der Waals surface area contributed by atoms with Crippen LogP contribution in [0.1, 0.15) is 39.4 Å². The molecule has 1 aromatic heterocycles. The van der Waals surface area contributed by atoms with Crippen molar-refractivity contribution < 1.29 is 0 Å². The van der Waals surface area contributed by atoms with E-state index in [1.165, 1.54) is 0 Å². The van der Waals surface area contributed by atoms with Gasteiger partial charge in [-0.15, -0.1) is 0 Å². The Labute approximate surface area is 114 Å². The van der Waals surface area contributed by atoms with E-state index in [2.05, 4.69) is 41.0 Å². The summed E-state index contributed by atoms with van der Waals surface area (Å²) in [4.78, 5) is 21.0. The summed E-state index contributed by atoms with van der Waals surface area (Å²) in [6.45, 7) is 10.2. The predicted molar refractivity (Wildman–Crippen MR) is 77.7 cm³/mol. The van der Waals surface area contributed by atoms with Gasteiger partial charge in [0.15, 0.2) is 0 Å². The monoisotopic (exact) mass is 264 g/mol. The third kappa shape index (κ3) is 3.80. The lowest BCUT2D eigenvalue weighted by atomic mass is 10.1. The summed E-state index contributed by atoms with van der Waals surface area (Å²) in [6, 6.07) is 2.02. The number of H-pyrrole nitrogens is 1. The van der Waals surface area contributed by atoms with Crippen LogP contribution >= 0.6 is 0 Å². The van der Waals surface area contributed by atoms with Crippen molar-refractivity contribution in [3.63, 3.8) is 0 Å². The maximum absolute atomic E-state index is 11.6. The zero-order valence-electron chi connectivity index (χ0n) is 12.3. The summed E-state index contributed by atoms with van der Waals surface area (Å²) in [5.74, 6) is 1.48. The van der Waals surface area contributed by atoms with Crippen molar-refractivity contribution in [3.05, 3.63) is 22.2 Å². The van der Waals surface area contributed by atoms with E-state index in [0.717, 1.165) is 31.7 Å². The molecule has 0 radical (unpaired) electrons. The van der Waals surface area contributed by atoms with Gasteiger partial charge in [0.1, 0.15) is 11.6 Å². The van der Waals surface area contributed by atoms with Gasteiger partial charge in [-0.25, -0.2) is 4.98 Å². The molecule has 5 heteroatoms. The highest BCUT2D eigenvalue weighted by atomic mass is 16.1. The summed E-state index contributed by atoms with van der Waals surface area (Å²) < 4.78 is 0. The molecule has 1 aliphatic heterocycles. The molecule has 1 unspecified atom stereocenters. The Bertz CT molecular complexity index is 489. The van der Waals surface area contributed by atoms with E-state index < -0.39 is 0 Å². The number of aromatic nitrogens is 2. The minimum absolute atomic E-state index is 0.0723. The third-order valence-corrected chi connectivity index (χ3v) is 3.39. The molecule has 1 atom stereocenters. The molecule has 2 heterocycles. The van der Waals surface area contributed by atoms with Crippen molar-refractivity contribution in [1.29, 1.82) is 0 Å². The van der Waals surface area contributed by atoms with Gasteiger partial charge in [0.2, 0.25) is 0 Å². The average molecular weight is 264 g/mol. The second-order valence-electron chi connectivity index (χ2n) is 6.31. The highest BCUT2D eigenvalue weighted by Gasteiger charge is 2.27. The number of aryl methyl sites for hydroxylation is 1. The van der Waals surface area contributed by atoms with Crippen molar-refractivity contribution in [3.8, 4) is 0 Å². The van der Waals surface area contributed by atoms with Crippen LogP contribution in [-0.4, -0.2) is 34.6 Å². The smallest absolute Gasteiger partial charge is 0.252 e. The topological polar surface area (TPSA) is 61.0 Å². The van der Waals surface area contributed by atoms with Gasteiger partial charge >= 0.3 is 0 Å². The molecule has 0 amide bonds. The molecule has 2 N–H and O–H groups in total. The summed E-state index contributed by atoms with van der Waals surface area (Å²) in [6.07, 6.45) is 2.31. The number of hydrogen-bond acceptors (Lipinski definition) is 4. The number of hydrogen-bond donors (Lipinski definition) is 2. The van der Waals surface area contributed by atoms with E-state index in [1.807, 2.05) is 6.92 Å². The molecular weight excluding hydrogens is 240 g/mol. The molecule has 1 aromatic rings. The molecule has 0 bridgehead atoms. The fourth-order valence-corrected chi connectivity index (χ4v) is 2.48. The molecule has 1 saturated heterocycles. The highest BCUT2D eigenvalue weighted by molar-refractivity contribution is 5.40. The Morgan fingerprint density at radius 1 is 1.53 bits per heavy atom. The molecule has 1 fully saturated rings. The predicted octanol–water partition coefficient (Wildman–Crippen LogP) is 1.44. The summed E-state index contributed by atoms with van der Waals surface area (Å²) in [5.41, 5.74) is 0.0445. The SMILES string of the molecule is Cc1nc(N2CCCC2CNC(C)(C)C)cc(=O)[nH]1. The van der Waals surface area contributed by atoms with Crippen molar-refractivity contribution in [2.75, 3.05) is 18.0 Å². The van der Waals surface area contributed by atoms with E-state index >= 15 is 0 Å². The van der Waals surface area contributed by atoms with Crippen molar-refractivity contribution >= 4 is 5.82 Å². The van der Waals surface area contributed by atoms with E-state index in [-0.39, 0.29) is 11.1 Å². The van der Waals surface area contributed by atoms with Crippen LogP contribution in [0, 0.1) is 6.92 Å². The van der Waals surface area contributed by atoms with Gasteiger partial charge in [-0.05, 0) is 40.5 Å². The van der Waals surface area contributed by atoms with E-state index in [0.29, 0.717) is 11.9 Å². The van der Waals surface area contributed by atoms with Gasteiger partial charge in [0.25, 0.3) is 5.56 Å². The number of anilines is 1. The van der Waals surface area contributed by atoms with Crippen molar-refractivity contribution in [2.45, 2.75) is 52.1 Å². The van der Waals surface area contributed by atoms with Crippen LogP contribution in [-0.2, 0) is 0 Å². The molecule has 106 valence electrons. The first-order valence-corrected chi connectivity index (χ1v) is 6.95. The quantitative estimate of drug-likeness (QED) is 0.867. The number of nitrogens with one attached hydrogen (secondary N) is 2. The molecule has 0 saturated carbocycles.